The summed E-state index contributed by atoms with van der Waals surface area (Å²) < 4.78 is 14.2. The van der Waals surface area contributed by atoms with Crippen molar-refractivity contribution in [1.29, 1.82) is 0 Å². The minimum Gasteiger partial charge on any atom is -0.327 e. The molecule has 0 aliphatic heterocycles. The molecule has 0 spiro atoms. The maximum Gasteiger partial charge on any atom is 0.131 e. The summed E-state index contributed by atoms with van der Waals surface area (Å²) >= 11 is 0. The van der Waals surface area contributed by atoms with E-state index >= 15 is 0 Å². The standard InChI is InChI=1S/C18H21FN2/c1-21(2)11-12-3-6-18(19)17(7-12)14-5-4-13-9-16(20)10-15(13)8-14/h3-8,16H,9-11,20H2,1-2H3. The van der Waals surface area contributed by atoms with Crippen LogP contribution in [-0.2, 0) is 19.4 Å². The molecule has 1 unspecified atom stereocenters. The third-order valence-electron chi connectivity index (χ3n) is 4.01. The molecular weight excluding hydrogens is 263 g/mol. The molecule has 2 N–H and O–H groups in total. The Morgan fingerprint density at radius 2 is 1.86 bits per heavy atom. The maximum atomic E-state index is 14.2. The first kappa shape index (κ1) is 14.2. The molecule has 0 amide bonds. The van der Waals surface area contributed by atoms with Gasteiger partial charge < -0.3 is 10.6 Å². The van der Waals surface area contributed by atoms with Gasteiger partial charge >= 0.3 is 0 Å². The Morgan fingerprint density at radius 3 is 2.62 bits per heavy atom. The zero-order valence-electron chi connectivity index (χ0n) is 12.6. The monoisotopic (exact) mass is 284 g/mol. The van der Waals surface area contributed by atoms with E-state index in [4.69, 9.17) is 5.73 Å². The second-order valence-electron chi connectivity index (χ2n) is 6.20. The lowest BCUT2D eigenvalue weighted by molar-refractivity contribution is 0.402. The number of fused-ring (bicyclic) bond motifs is 1. The number of hydrogen-bond acceptors (Lipinski definition) is 2. The van der Waals surface area contributed by atoms with Gasteiger partial charge in [0.1, 0.15) is 5.82 Å². The number of nitrogens with zero attached hydrogens (tertiary/aromatic N) is 1. The average molecular weight is 284 g/mol. The SMILES string of the molecule is CN(C)Cc1ccc(F)c(-c2ccc3c(c2)CC(N)C3)c1. The van der Waals surface area contributed by atoms with E-state index in [1.165, 1.54) is 11.1 Å². The van der Waals surface area contributed by atoms with Gasteiger partial charge in [0.2, 0.25) is 0 Å². The highest BCUT2D eigenvalue weighted by atomic mass is 19.1. The minimum atomic E-state index is -0.167. The molecule has 1 aliphatic carbocycles. The molecular formula is C18H21FN2. The molecule has 1 aliphatic rings. The lowest BCUT2D eigenvalue weighted by Gasteiger charge is -2.12. The van der Waals surface area contributed by atoms with E-state index in [-0.39, 0.29) is 11.9 Å². The highest BCUT2D eigenvalue weighted by Gasteiger charge is 2.19. The molecule has 0 saturated heterocycles. The van der Waals surface area contributed by atoms with Gasteiger partial charge in [-0.3, -0.25) is 0 Å². The van der Waals surface area contributed by atoms with Gasteiger partial charge in [-0.2, -0.15) is 0 Å². The summed E-state index contributed by atoms with van der Waals surface area (Å²) in [7, 11) is 4.03. The quantitative estimate of drug-likeness (QED) is 0.939. The summed E-state index contributed by atoms with van der Waals surface area (Å²) in [4.78, 5) is 2.08. The summed E-state index contributed by atoms with van der Waals surface area (Å²) in [6.45, 7) is 0.809. The summed E-state index contributed by atoms with van der Waals surface area (Å²) in [5, 5.41) is 0. The predicted molar refractivity (Wildman–Crippen MR) is 84.6 cm³/mol. The highest BCUT2D eigenvalue weighted by Crippen LogP contribution is 2.30. The summed E-state index contributed by atoms with van der Waals surface area (Å²) in [5.41, 5.74) is 11.3. The lowest BCUT2D eigenvalue weighted by Crippen LogP contribution is -2.18. The molecule has 1 atom stereocenters. The van der Waals surface area contributed by atoms with Crippen LogP contribution in [0.5, 0.6) is 0 Å². The first-order valence-electron chi connectivity index (χ1n) is 7.34. The molecule has 2 aromatic rings. The second-order valence-corrected chi connectivity index (χ2v) is 6.20. The second kappa shape index (κ2) is 5.58. The van der Waals surface area contributed by atoms with Crippen molar-refractivity contribution < 1.29 is 4.39 Å². The molecule has 0 heterocycles. The Kier molecular flexibility index (Phi) is 3.79. The van der Waals surface area contributed by atoms with Crippen LogP contribution in [0.25, 0.3) is 11.1 Å². The molecule has 21 heavy (non-hydrogen) atoms. The smallest absolute Gasteiger partial charge is 0.131 e. The van der Waals surface area contributed by atoms with Crippen LogP contribution < -0.4 is 5.73 Å². The predicted octanol–water partition coefficient (Wildman–Crippen LogP) is 2.98. The van der Waals surface area contributed by atoms with E-state index in [0.29, 0.717) is 5.56 Å². The van der Waals surface area contributed by atoms with Crippen LogP contribution in [0.4, 0.5) is 4.39 Å². The Labute approximate surface area is 125 Å². The van der Waals surface area contributed by atoms with E-state index in [9.17, 15) is 4.39 Å². The van der Waals surface area contributed by atoms with Gasteiger partial charge in [-0.05, 0) is 61.3 Å². The Balaban J connectivity index is 1.98. The largest absolute Gasteiger partial charge is 0.327 e. The van der Waals surface area contributed by atoms with Gasteiger partial charge in [0, 0.05) is 18.2 Å². The van der Waals surface area contributed by atoms with Crippen LogP contribution in [0.15, 0.2) is 36.4 Å². The molecule has 0 bridgehead atoms. The van der Waals surface area contributed by atoms with Crippen LogP contribution in [-0.4, -0.2) is 25.0 Å². The topological polar surface area (TPSA) is 29.3 Å². The average Bonchev–Trinajstić information content (AvgIpc) is 2.79. The molecule has 110 valence electrons. The number of hydrogen-bond donors (Lipinski definition) is 1. The molecule has 3 rings (SSSR count). The van der Waals surface area contributed by atoms with E-state index in [1.54, 1.807) is 6.07 Å². The van der Waals surface area contributed by atoms with Crippen molar-refractivity contribution in [2.24, 2.45) is 5.73 Å². The van der Waals surface area contributed by atoms with Gasteiger partial charge in [-0.15, -0.1) is 0 Å². The number of halogens is 1. The molecule has 0 saturated carbocycles. The summed E-state index contributed by atoms with van der Waals surface area (Å²) in [6, 6.07) is 11.8. The van der Waals surface area contributed by atoms with Crippen LogP contribution in [0.1, 0.15) is 16.7 Å². The fourth-order valence-corrected chi connectivity index (χ4v) is 3.08. The molecule has 0 fully saturated rings. The van der Waals surface area contributed by atoms with Gasteiger partial charge in [-0.25, -0.2) is 4.39 Å². The lowest BCUT2D eigenvalue weighted by atomic mass is 9.98. The van der Waals surface area contributed by atoms with E-state index in [2.05, 4.69) is 17.0 Å². The zero-order valence-corrected chi connectivity index (χ0v) is 12.6. The highest BCUT2D eigenvalue weighted by molar-refractivity contribution is 5.67. The number of rotatable bonds is 3. The molecule has 0 aromatic heterocycles. The van der Waals surface area contributed by atoms with Crippen LogP contribution in [0.3, 0.4) is 0 Å². The van der Waals surface area contributed by atoms with Gasteiger partial charge in [0.25, 0.3) is 0 Å². The summed E-state index contributed by atoms with van der Waals surface area (Å²) in [5.74, 6) is -0.167. The number of benzene rings is 2. The van der Waals surface area contributed by atoms with Crippen molar-refractivity contribution in [2.75, 3.05) is 14.1 Å². The van der Waals surface area contributed by atoms with E-state index in [0.717, 1.165) is 30.5 Å². The van der Waals surface area contributed by atoms with Crippen LogP contribution in [0, 0.1) is 5.82 Å². The molecule has 3 heteroatoms. The van der Waals surface area contributed by atoms with E-state index < -0.39 is 0 Å². The van der Waals surface area contributed by atoms with Crippen LogP contribution >= 0.6 is 0 Å². The van der Waals surface area contributed by atoms with Crippen molar-refractivity contribution in [3.05, 3.63) is 58.9 Å². The molecule has 0 radical (unpaired) electrons. The summed E-state index contributed by atoms with van der Waals surface area (Å²) in [6.07, 6.45) is 1.82. The van der Waals surface area contributed by atoms with Gasteiger partial charge in [0.15, 0.2) is 0 Å². The molecule has 2 nitrogen and oxygen atoms in total. The first-order valence-corrected chi connectivity index (χ1v) is 7.34. The van der Waals surface area contributed by atoms with Crippen molar-refractivity contribution in [1.82, 2.24) is 4.90 Å². The van der Waals surface area contributed by atoms with Gasteiger partial charge in [0.05, 0.1) is 0 Å². The third-order valence-corrected chi connectivity index (χ3v) is 4.01. The third kappa shape index (κ3) is 2.99. The van der Waals surface area contributed by atoms with Crippen molar-refractivity contribution in [3.8, 4) is 11.1 Å². The molecule has 2 aromatic carbocycles. The number of nitrogens with two attached hydrogens (primary N) is 1. The fraction of sp³-hybridized carbons (Fsp3) is 0.333. The van der Waals surface area contributed by atoms with Crippen LogP contribution in [0.2, 0.25) is 0 Å². The Hall–Kier alpha value is -1.71. The maximum absolute atomic E-state index is 14.2. The normalized spacial score (nSPS) is 17.3. The van der Waals surface area contributed by atoms with Crippen molar-refractivity contribution >= 4 is 0 Å². The minimum absolute atomic E-state index is 0.167. The van der Waals surface area contributed by atoms with Crippen molar-refractivity contribution in [2.45, 2.75) is 25.4 Å². The van der Waals surface area contributed by atoms with E-state index in [1.807, 2.05) is 32.3 Å². The Bertz CT molecular complexity index is 664. The first-order chi connectivity index (χ1) is 10.0. The van der Waals surface area contributed by atoms with Crippen molar-refractivity contribution in [3.63, 3.8) is 0 Å². The fourth-order valence-electron chi connectivity index (χ4n) is 3.08. The zero-order chi connectivity index (χ0) is 15.0. The van der Waals surface area contributed by atoms with Gasteiger partial charge in [-0.1, -0.05) is 24.3 Å². The Morgan fingerprint density at radius 1 is 1.10 bits per heavy atom.